The van der Waals surface area contributed by atoms with E-state index in [-0.39, 0.29) is 11.5 Å². The second-order valence-corrected chi connectivity index (χ2v) is 11.5. The van der Waals surface area contributed by atoms with Crippen LogP contribution in [0.4, 0.5) is 0 Å². The zero-order valence-electron chi connectivity index (χ0n) is 18.1. The molecule has 0 unspecified atom stereocenters. The first-order valence-electron chi connectivity index (χ1n) is 10.8. The van der Waals surface area contributed by atoms with Gasteiger partial charge in [-0.1, -0.05) is 17.7 Å². The lowest BCUT2D eigenvalue weighted by Crippen LogP contribution is -2.34. The van der Waals surface area contributed by atoms with Gasteiger partial charge in [-0.2, -0.15) is 0 Å². The molecule has 0 amide bonds. The van der Waals surface area contributed by atoms with Crippen LogP contribution in [0.1, 0.15) is 53.8 Å². The molecule has 2 aliphatic heterocycles. The molecule has 2 fully saturated rings. The second-order valence-electron chi connectivity index (χ2n) is 8.76. The normalized spacial score (nSPS) is 21.4. The molecule has 1 aromatic heterocycles. The summed E-state index contributed by atoms with van der Waals surface area (Å²) >= 11 is 6.07. The van der Waals surface area contributed by atoms with Crippen LogP contribution in [-0.4, -0.2) is 54.3 Å². The molecule has 0 spiro atoms. The highest BCUT2D eigenvalue weighted by molar-refractivity contribution is 7.90. The number of ketones is 1. The molecule has 7 heteroatoms. The number of hydrogen-bond donors (Lipinski definition) is 0. The van der Waals surface area contributed by atoms with Crippen molar-refractivity contribution in [2.24, 2.45) is 0 Å². The molecule has 2 bridgehead atoms. The number of nitrogens with zero attached hydrogens (tertiary/aromatic N) is 2. The Bertz CT molecular complexity index is 1080. The third-order valence-electron chi connectivity index (χ3n) is 6.54. The van der Waals surface area contributed by atoms with Crippen molar-refractivity contribution in [1.82, 2.24) is 9.47 Å². The highest BCUT2D eigenvalue weighted by Crippen LogP contribution is 2.37. The monoisotopic (exact) mass is 460 g/mol. The molecule has 2 aromatic rings. The standard InChI is InChI=1S/C24H29ClN2O3S/c1-17-23(24(28)16-26-19-10-11-20(26)13-12-19)15-22(5-3-4-14-31(2,29)30)27(17)21-8-6-18(25)7-9-21/h3,5-9,15,19-20H,4,10-14,16H2,1-2H3. The van der Waals surface area contributed by atoms with Crippen LogP contribution in [-0.2, 0) is 9.84 Å². The van der Waals surface area contributed by atoms with Gasteiger partial charge in [0.05, 0.1) is 12.3 Å². The number of benzene rings is 1. The van der Waals surface area contributed by atoms with E-state index in [9.17, 15) is 13.2 Å². The maximum atomic E-state index is 13.3. The van der Waals surface area contributed by atoms with Crippen molar-refractivity contribution in [2.45, 2.75) is 51.1 Å². The molecule has 2 saturated heterocycles. The highest BCUT2D eigenvalue weighted by Gasteiger charge is 2.40. The summed E-state index contributed by atoms with van der Waals surface area (Å²) in [5.74, 6) is 0.253. The van der Waals surface area contributed by atoms with E-state index in [0.29, 0.717) is 30.1 Å². The molecule has 166 valence electrons. The average Bonchev–Trinajstić information content (AvgIpc) is 3.38. The van der Waals surface area contributed by atoms with Crippen LogP contribution in [0.2, 0.25) is 5.02 Å². The average molecular weight is 461 g/mol. The summed E-state index contributed by atoms with van der Waals surface area (Å²) in [5.41, 5.74) is 3.40. The quantitative estimate of drug-likeness (QED) is 0.536. The number of halogens is 1. The minimum Gasteiger partial charge on any atom is -0.314 e. The summed E-state index contributed by atoms with van der Waals surface area (Å²) in [7, 11) is -3.01. The van der Waals surface area contributed by atoms with Crippen LogP contribution in [0.25, 0.3) is 11.8 Å². The van der Waals surface area contributed by atoms with Crippen LogP contribution < -0.4 is 0 Å². The van der Waals surface area contributed by atoms with E-state index in [1.165, 1.54) is 31.9 Å². The first-order chi connectivity index (χ1) is 14.7. The molecule has 5 nitrogen and oxygen atoms in total. The summed E-state index contributed by atoms with van der Waals surface area (Å²) < 4.78 is 24.9. The van der Waals surface area contributed by atoms with Crippen molar-refractivity contribution in [3.05, 3.63) is 58.4 Å². The lowest BCUT2D eigenvalue weighted by atomic mass is 10.0. The fourth-order valence-corrected chi connectivity index (χ4v) is 5.67. The van der Waals surface area contributed by atoms with E-state index in [2.05, 4.69) is 4.90 Å². The first-order valence-corrected chi connectivity index (χ1v) is 13.3. The molecule has 0 saturated carbocycles. The summed E-state index contributed by atoms with van der Waals surface area (Å²) in [6.45, 7) is 2.44. The summed E-state index contributed by atoms with van der Waals surface area (Å²) in [4.78, 5) is 15.7. The molecule has 1 aromatic carbocycles. The Balaban J connectivity index is 1.63. The van der Waals surface area contributed by atoms with Crippen molar-refractivity contribution < 1.29 is 13.2 Å². The van der Waals surface area contributed by atoms with Gasteiger partial charge in [0, 0.05) is 46.0 Å². The Labute approximate surface area is 189 Å². The molecule has 4 rings (SSSR count). The van der Waals surface area contributed by atoms with Gasteiger partial charge in [-0.25, -0.2) is 8.42 Å². The summed E-state index contributed by atoms with van der Waals surface area (Å²) in [6, 6.07) is 10.6. The fraction of sp³-hybridized carbons (Fsp3) is 0.458. The number of allylic oxidation sites excluding steroid dienone is 1. The Morgan fingerprint density at radius 2 is 1.74 bits per heavy atom. The lowest BCUT2D eigenvalue weighted by Gasteiger charge is -2.20. The Morgan fingerprint density at radius 1 is 1.13 bits per heavy atom. The number of Topliss-reactive ketones (excluding diaryl/α,β-unsaturated/α-hetero) is 1. The van der Waals surface area contributed by atoms with Gasteiger partial charge in [0.25, 0.3) is 0 Å². The minimum atomic E-state index is -3.01. The van der Waals surface area contributed by atoms with Crippen molar-refractivity contribution in [3.8, 4) is 5.69 Å². The van der Waals surface area contributed by atoms with Gasteiger partial charge in [-0.05, 0) is 75.4 Å². The van der Waals surface area contributed by atoms with Gasteiger partial charge in [0.15, 0.2) is 5.78 Å². The van der Waals surface area contributed by atoms with Crippen LogP contribution in [0.5, 0.6) is 0 Å². The number of fused-ring (bicyclic) bond motifs is 2. The zero-order valence-corrected chi connectivity index (χ0v) is 19.6. The number of rotatable bonds is 8. The molecular weight excluding hydrogens is 432 g/mol. The van der Waals surface area contributed by atoms with Gasteiger partial charge in [-0.15, -0.1) is 0 Å². The van der Waals surface area contributed by atoms with Gasteiger partial charge < -0.3 is 4.57 Å². The van der Waals surface area contributed by atoms with Crippen LogP contribution in [0.15, 0.2) is 36.4 Å². The lowest BCUT2D eigenvalue weighted by molar-refractivity contribution is 0.0917. The van der Waals surface area contributed by atoms with Crippen LogP contribution >= 0.6 is 11.6 Å². The minimum absolute atomic E-state index is 0.105. The highest BCUT2D eigenvalue weighted by atomic mass is 35.5. The molecule has 0 radical (unpaired) electrons. The Hall–Kier alpha value is -1.89. The predicted octanol–water partition coefficient (Wildman–Crippen LogP) is 4.70. The number of carbonyl (C=O) groups is 1. The molecule has 0 atom stereocenters. The van der Waals surface area contributed by atoms with Crippen molar-refractivity contribution in [3.63, 3.8) is 0 Å². The van der Waals surface area contributed by atoms with Gasteiger partial charge in [-0.3, -0.25) is 9.69 Å². The van der Waals surface area contributed by atoms with Gasteiger partial charge in [0.1, 0.15) is 9.84 Å². The topological polar surface area (TPSA) is 59.4 Å². The zero-order chi connectivity index (χ0) is 22.2. The maximum absolute atomic E-state index is 13.3. The number of carbonyl (C=O) groups excluding carboxylic acids is 1. The van der Waals surface area contributed by atoms with E-state index < -0.39 is 9.84 Å². The number of aromatic nitrogens is 1. The Kier molecular flexibility index (Phi) is 6.42. The number of sulfone groups is 1. The van der Waals surface area contributed by atoms with Crippen LogP contribution in [0.3, 0.4) is 0 Å². The van der Waals surface area contributed by atoms with Crippen molar-refractivity contribution in [2.75, 3.05) is 18.6 Å². The third kappa shape index (κ3) is 4.97. The van der Waals surface area contributed by atoms with Crippen molar-refractivity contribution >= 4 is 33.3 Å². The van der Waals surface area contributed by atoms with E-state index in [0.717, 1.165) is 22.6 Å². The fourth-order valence-electron chi connectivity index (χ4n) is 4.98. The van der Waals surface area contributed by atoms with E-state index >= 15 is 0 Å². The third-order valence-corrected chi connectivity index (χ3v) is 7.76. The summed E-state index contributed by atoms with van der Waals surface area (Å²) in [5, 5.41) is 0.652. The second kappa shape index (κ2) is 8.93. The van der Waals surface area contributed by atoms with E-state index in [4.69, 9.17) is 11.6 Å². The number of hydrogen-bond acceptors (Lipinski definition) is 4. The van der Waals surface area contributed by atoms with Gasteiger partial charge >= 0.3 is 0 Å². The first kappa shape index (κ1) is 22.3. The summed E-state index contributed by atoms with van der Waals surface area (Å²) in [6.07, 6.45) is 10.3. The smallest absolute Gasteiger partial charge is 0.178 e. The van der Waals surface area contributed by atoms with Gasteiger partial charge in [0.2, 0.25) is 0 Å². The SMILES string of the molecule is Cc1c(C(=O)CN2C3CCC2CC3)cc(C=CCCS(C)(=O)=O)n1-c1ccc(Cl)cc1. The van der Waals surface area contributed by atoms with E-state index in [1.54, 1.807) is 0 Å². The largest absolute Gasteiger partial charge is 0.314 e. The molecule has 0 aliphatic carbocycles. The molecule has 0 N–H and O–H groups in total. The molecule has 2 aliphatic rings. The van der Waals surface area contributed by atoms with Crippen LogP contribution in [0, 0.1) is 6.92 Å². The predicted molar refractivity (Wildman–Crippen MR) is 126 cm³/mol. The van der Waals surface area contributed by atoms with Crippen molar-refractivity contribution in [1.29, 1.82) is 0 Å². The maximum Gasteiger partial charge on any atom is 0.178 e. The molecule has 3 heterocycles. The molecule has 31 heavy (non-hydrogen) atoms. The van der Waals surface area contributed by atoms with E-state index in [1.807, 2.05) is 54.0 Å². The molecular formula is C24H29ClN2O3S. The Morgan fingerprint density at radius 3 is 2.32 bits per heavy atom.